The van der Waals surface area contributed by atoms with E-state index >= 15 is 0 Å². The van der Waals surface area contributed by atoms with Crippen LogP contribution in [0.4, 0.5) is 0 Å². The summed E-state index contributed by atoms with van der Waals surface area (Å²) in [6.45, 7) is 3.83. The van der Waals surface area contributed by atoms with Gasteiger partial charge in [-0.15, -0.1) is 0 Å². The zero-order chi connectivity index (χ0) is 13.0. The molecule has 0 bridgehead atoms. The lowest BCUT2D eigenvalue weighted by atomic mass is 10.0. The highest BCUT2D eigenvalue weighted by Gasteiger charge is 2.16. The van der Waals surface area contributed by atoms with Crippen LogP contribution < -0.4 is 10.9 Å². The fourth-order valence-corrected chi connectivity index (χ4v) is 2.05. The Hall–Kier alpha value is -1.62. The molecule has 2 heterocycles. The summed E-state index contributed by atoms with van der Waals surface area (Å²) in [5.41, 5.74) is 0.571. The van der Waals surface area contributed by atoms with E-state index in [1.807, 2.05) is 0 Å². The van der Waals surface area contributed by atoms with Crippen LogP contribution in [0.15, 0.2) is 16.9 Å². The molecule has 1 atom stereocenters. The van der Waals surface area contributed by atoms with Crippen LogP contribution in [-0.2, 0) is 4.74 Å². The number of aromatic amines is 1. The van der Waals surface area contributed by atoms with Gasteiger partial charge in [-0.3, -0.25) is 9.59 Å². The van der Waals surface area contributed by atoms with Gasteiger partial charge in [0, 0.05) is 18.8 Å². The van der Waals surface area contributed by atoms with Crippen LogP contribution in [0.3, 0.4) is 0 Å². The molecule has 0 aromatic carbocycles. The molecule has 1 aromatic heterocycles. The van der Waals surface area contributed by atoms with Crippen LogP contribution in [0.2, 0.25) is 0 Å². The van der Waals surface area contributed by atoms with E-state index in [0.717, 1.165) is 25.1 Å². The first-order valence-corrected chi connectivity index (χ1v) is 6.22. The van der Waals surface area contributed by atoms with Gasteiger partial charge in [0.25, 0.3) is 11.5 Å². The number of aromatic nitrogens is 1. The summed E-state index contributed by atoms with van der Waals surface area (Å²) in [6.07, 6.45) is 2.09. The van der Waals surface area contributed by atoms with Gasteiger partial charge in [0.1, 0.15) is 5.56 Å². The molecule has 0 saturated carbocycles. The maximum atomic E-state index is 11.8. The van der Waals surface area contributed by atoms with Crippen molar-refractivity contribution >= 4 is 5.91 Å². The lowest BCUT2D eigenvalue weighted by molar-refractivity contribution is 0.0536. The van der Waals surface area contributed by atoms with Crippen LogP contribution >= 0.6 is 0 Å². The monoisotopic (exact) mass is 250 g/mol. The predicted octanol–water partition coefficient (Wildman–Crippen LogP) is 0.840. The van der Waals surface area contributed by atoms with E-state index < -0.39 is 0 Å². The van der Waals surface area contributed by atoms with E-state index in [1.165, 1.54) is 0 Å². The number of carbonyl (C=O) groups is 1. The first-order chi connectivity index (χ1) is 8.66. The molecule has 1 aliphatic heterocycles. The number of pyridine rings is 1. The zero-order valence-electron chi connectivity index (χ0n) is 10.5. The second-order valence-corrected chi connectivity index (χ2v) is 4.68. The smallest absolute Gasteiger partial charge is 0.260 e. The minimum Gasteiger partial charge on any atom is -0.381 e. The molecular formula is C13H18N2O3. The van der Waals surface area contributed by atoms with Crippen molar-refractivity contribution in [2.45, 2.75) is 19.8 Å². The molecule has 1 unspecified atom stereocenters. The van der Waals surface area contributed by atoms with Crippen LogP contribution in [0.25, 0.3) is 0 Å². The molecular weight excluding hydrogens is 232 g/mol. The van der Waals surface area contributed by atoms with Crippen molar-refractivity contribution in [3.05, 3.63) is 33.7 Å². The average molecular weight is 250 g/mol. The standard InChI is InChI=1S/C13H18N2O3/c1-9-4-5-11(13(17)15-9)12(16)14-7-10-3-2-6-18-8-10/h4-5,10H,2-3,6-8H2,1H3,(H,14,16)(H,15,17). The number of carbonyl (C=O) groups excluding carboxylic acids is 1. The van der Waals surface area contributed by atoms with Gasteiger partial charge in [-0.25, -0.2) is 0 Å². The Morgan fingerprint density at radius 2 is 2.39 bits per heavy atom. The molecule has 5 nitrogen and oxygen atoms in total. The summed E-state index contributed by atoms with van der Waals surface area (Å²) >= 11 is 0. The molecule has 1 fully saturated rings. The largest absolute Gasteiger partial charge is 0.381 e. The maximum Gasteiger partial charge on any atom is 0.260 e. The molecule has 1 saturated heterocycles. The normalized spacial score (nSPS) is 19.5. The number of H-pyrrole nitrogens is 1. The predicted molar refractivity (Wildman–Crippen MR) is 67.7 cm³/mol. The van der Waals surface area contributed by atoms with Gasteiger partial charge in [0.05, 0.1) is 6.61 Å². The highest BCUT2D eigenvalue weighted by molar-refractivity contribution is 5.93. The third kappa shape index (κ3) is 3.20. The van der Waals surface area contributed by atoms with Crippen molar-refractivity contribution < 1.29 is 9.53 Å². The first kappa shape index (κ1) is 12.8. The molecule has 0 radical (unpaired) electrons. The fraction of sp³-hybridized carbons (Fsp3) is 0.538. The summed E-state index contributed by atoms with van der Waals surface area (Å²) in [6, 6.07) is 3.28. The van der Waals surface area contributed by atoms with E-state index in [4.69, 9.17) is 4.74 Å². The summed E-state index contributed by atoms with van der Waals surface area (Å²) in [4.78, 5) is 26.1. The molecule has 1 aromatic rings. The Morgan fingerprint density at radius 1 is 1.56 bits per heavy atom. The molecule has 2 rings (SSSR count). The third-order valence-electron chi connectivity index (χ3n) is 3.11. The molecule has 18 heavy (non-hydrogen) atoms. The highest BCUT2D eigenvalue weighted by atomic mass is 16.5. The number of hydrogen-bond donors (Lipinski definition) is 2. The minimum atomic E-state index is -0.340. The number of ether oxygens (including phenoxy) is 1. The first-order valence-electron chi connectivity index (χ1n) is 6.22. The Morgan fingerprint density at radius 3 is 3.06 bits per heavy atom. The van der Waals surface area contributed by atoms with Crippen molar-refractivity contribution in [3.8, 4) is 0 Å². The van der Waals surface area contributed by atoms with Crippen molar-refractivity contribution in [2.24, 2.45) is 5.92 Å². The molecule has 0 spiro atoms. The maximum absolute atomic E-state index is 11.8. The van der Waals surface area contributed by atoms with Crippen molar-refractivity contribution in [1.29, 1.82) is 0 Å². The van der Waals surface area contributed by atoms with Crippen molar-refractivity contribution in [3.63, 3.8) is 0 Å². The van der Waals surface area contributed by atoms with Crippen LogP contribution in [0.5, 0.6) is 0 Å². The van der Waals surface area contributed by atoms with Gasteiger partial charge in [-0.2, -0.15) is 0 Å². The summed E-state index contributed by atoms with van der Waals surface area (Å²) in [5.74, 6) is 0.0362. The second-order valence-electron chi connectivity index (χ2n) is 4.68. The fourth-order valence-electron chi connectivity index (χ4n) is 2.05. The summed E-state index contributed by atoms with van der Waals surface area (Å²) in [7, 11) is 0. The zero-order valence-corrected chi connectivity index (χ0v) is 10.5. The molecule has 2 N–H and O–H groups in total. The van der Waals surface area contributed by atoms with Gasteiger partial charge in [0.2, 0.25) is 0 Å². The van der Waals surface area contributed by atoms with Crippen LogP contribution in [-0.4, -0.2) is 30.6 Å². The average Bonchev–Trinajstić information content (AvgIpc) is 2.37. The van der Waals surface area contributed by atoms with E-state index in [-0.39, 0.29) is 17.0 Å². The van der Waals surface area contributed by atoms with Gasteiger partial charge < -0.3 is 15.0 Å². The number of hydrogen-bond acceptors (Lipinski definition) is 3. The van der Waals surface area contributed by atoms with E-state index in [9.17, 15) is 9.59 Å². The number of nitrogens with one attached hydrogen (secondary N) is 2. The second kappa shape index (κ2) is 5.82. The van der Waals surface area contributed by atoms with Gasteiger partial charge in [-0.1, -0.05) is 0 Å². The van der Waals surface area contributed by atoms with Crippen LogP contribution in [0.1, 0.15) is 28.9 Å². The highest BCUT2D eigenvalue weighted by Crippen LogP contribution is 2.12. The molecule has 98 valence electrons. The SMILES string of the molecule is Cc1ccc(C(=O)NCC2CCCOC2)c(=O)[nH]1. The summed E-state index contributed by atoms with van der Waals surface area (Å²) < 4.78 is 5.34. The molecule has 0 aliphatic carbocycles. The molecule has 1 aliphatic rings. The van der Waals surface area contributed by atoms with Crippen LogP contribution in [0, 0.1) is 12.8 Å². The molecule has 1 amide bonds. The Balaban J connectivity index is 1.93. The third-order valence-corrected chi connectivity index (χ3v) is 3.11. The van der Waals surface area contributed by atoms with Crippen molar-refractivity contribution in [1.82, 2.24) is 10.3 Å². The Labute approximate surface area is 106 Å². The summed E-state index contributed by atoms with van der Waals surface area (Å²) in [5, 5.41) is 2.79. The van der Waals surface area contributed by atoms with Gasteiger partial charge in [0.15, 0.2) is 0 Å². The minimum absolute atomic E-state index is 0.164. The van der Waals surface area contributed by atoms with E-state index in [0.29, 0.717) is 19.1 Å². The van der Waals surface area contributed by atoms with Gasteiger partial charge >= 0.3 is 0 Å². The van der Waals surface area contributed by atoms with Gasteiger partial charge in [-0.05, 0) is 37.8 Å². The number of amides is 1. The Kier molecular flexibility index (Phi) is 4.15. The van der Waals surface area contributed by atoms with Crippen molar-refractivity contribution in [2.75, 3.05) is 19.8 Å². The van der Waals surface area contributed by atoms with E-state index in [1.54, 1.807) is 19.1 Å². The quantitative estimate of drug-likeness (QED) is 0.835. The Bertz CT molecular complexity index is 475. The molecule has 5 heteroatoms. The van der Waals surface area contributed by atoms with E-state index in [2.05, 4.69) is 10.3 Å². The topological polar surface area (TPSA) is 71.2 Å². The number of aryl methyl sites for hydroxylation is 1. The number of rotatable bonds is 3. The lowest BCUT2D eigenvalue weighted by Crippen LogP contribution is -2.35. The lowest BCUT2D eigenvalue weighted by Gasteiger charge is -2.22.